The average molecular weight is 234 g/mol. The average Bonchev–Trinajstić information content (AvgIpc) is 2.07. The van der Waals surface area contributed by atoms with E-state index in [0.29, 0.717) is 0 Å². The maximum absolute atomic E-state index is 9.56. The molecule has 5 nitrogen and oxygen atoms in total. The fraction of sp³-hybridized carbons (Fsp3) is 1.00. The quantitative estimate of drug-likeness (QED) is 0.620. The Balaban J connectivity index is 0. The van der Waals surface area contributed by atoms with Gasteiger partial charge in [0, 0.05) is 13.1 Å². The number of hydrogen-bond acceptors (Lipinski definition) is 4. The first-order chi connectivity index (χ1) is 5.56. The van der Waals surface area contributed by atoms with Crippen molar-refractivity contribution in [2.75, 3.05) is 32.1 Å². The van der Waals surface area contributed by atoms with Crippen LogP contribution in [-0.4, -0.2) is 45.0 Å². The summed E-state index contributed by atoms with van der Waals surface area (Å²) in [5.74, 6) is -0.201. The van der Waals surface area contributed by atoms with E-state index in [1.54, 1.807) is 0 Å². The molecule has 0 atom stereocenters. The Morgan fingerprint density at radius 3 is 1.85 bits per heavy atom. The van der Waals surface area contributed by atoms with Crippen LogP contribution in [0.25, 0.3) is 0 Å². The molecule has 1 heterocycles. The smallest absolute Gasteiger partial charge is 0.264 e. The second-order valence-electron chi connectivity index (χ2n) is 2.23. The molecule has 7 heteroatoms. The van der Waals surface area contributed by atoms with Gasteiger partial charge in [-0.25, -0.2) is 0 Å². The van der Waals surface area contributed by atoms with Crippen molar-refractivity contribution in [3.63, 3.8) is 0 Å². The molecule has 0 amide bonds. The van der Waals surface area contributed by atoms with Crippen molar-refractivity contribution in [3.8, 4) is 0 Å². The van der Waals surface area contributed by atoms with E-state index in [4.69, 9.17) is 9.29 Å². The summed E-state index contributed by atoms with van der Waals surface area (Å²) in [5.41, 5.74) is 0. The third-order valence-corrected chi connectivity index (χ3v) is 1.94. The molecule has 0 aliphatic carbocycles. The van der Waals surface area contributed by atoms with Crippen LogP contribution < -0.4 is 5.32 Å². The van der Waals surface area contributed by atoms with E-state index in [9.17, 15) is 8.42 Å². The standard InChI is InChI=1S/C4H9NO.C2H6O3S.ClH/c1-3-6-4-2-5-1;1-2-6(3,4)5;/h5H,1-4H2;2H2,1H3,(H,3,4,5);1H. The van der Waals surface area contributed by atoms with E-state index < -0.39 is 10.1 Å². The number of ether oxygens (including phenoxy) is 1. The van der Waals surface area contributed by atoms with Crippen LogP contribution >= 0.6 is 12.4 Å². The summed E-state index contributed by atoms with van der Waals surface area (Å²) in [6, 6.07) is 0. The van der Waals surface area contributed by atoms with Gasteiger partial charge in [-0.3, -0.25) is 4.55 Å². The summed E-state index contributed by atoms with van der Waals surface area (Å²) in [4.78, 5) is 0. The Hall–Kier alpha value is 0.120. The van der Waals surface area contributed by atoms with Gasteiger partial charge in [-0.05, 0) is 6.92 Å². The van der Waals surface area contributed by atoms with E-state index in [2.05, 4.69) is 5.32 Å². The van der Waals surface area contributed by atoms with E-state index >= 15 is 0 Å². The fourth-order valence-corrected chi connectivity index (χ4v) is 0.516. The third-order valence-electron chi connectivity index (χ3n) is 1.21. The van der Waals surface area contributed by atoms with Crippen LogP contribution in [0.5, 0.6) is 0 Å². The highest BCUT2D eigenvalue weighted by molar-refractivity contribution is 7.85. The first kappa shape index (κ1) is 15.6. The van der Waals surface area contributed by atoms with Gasteiger partial charge in [0.05, 0.1) is 19.0 Å². The second kappa shape index (κ2) is 8.71. The first-order valence-electron chi connectivity index (χ1n) is 3.80. The van der Waals surface area contributed by atoms with Gasteiger partial charge in [0.2, 0.25) is 0 Å². The maximum atomic E-state index is 9.56. The van der Waals surface area contributed by atoms with Crippen molar-refractivity contribution in [3.05, 3.63) is 0 Å². The predicted molar refractivity (Wildman–Crippen MR) is 53.0 cm³/mol. The summed E-state index contributed by atoms with van der Waals surface area (Å²) < 4.78 is 31.9. The molecule has 0 aromatic rings. The van der Waals surface area contributed by atoms with Crippen LogP contribution in [0.4, 0.5) is 0 Å². The minimum Gasteiger partial charge on any atom is -0.379 e. The number of rotatable bonds is 1. The monoisotopic (exact) mass is 233 g/mol. The number of hydrogen-bond donors (Lipinski definition) is 2. The molecule has 1 aliphatic rings. The second-order valence-corrected chi connectivity index (χ2v) is 3.97. The lowest BCUT2D eigenvalue weighted by atomic mass is 10.5. The largest absolute Gasteiger partial charge is 0.379 e. The zero-order valence-electron chi connectivity index (χ0n) is 7.52. The molecule has 1 rings (SSSR count). The third kappa shape index (κ3) is 14.9. The molecule has 0 aromatic heterocycles. The SMILES string of the molecule is C1COCCN1.CCS(=O)(=O)O.Cl. The number of nitrogens with one attached hydrogen (secondary N) is 1. The van der Waals surface area contributed by atoms with Gasteiger partial charge in [0.1, 0.15) is 0 Å². The van der Waals surface area contributed by atoms with Crippen LogP contribution in [0, 0.1) is 0 Å². The van der Waals surface area contributed by atoms with Gasteiger partial charge in [-0.2, -0.15) is 8.42 Å². The molecule has 1 aliphatic heterocycles. The lowest BCUT2D eigenvalue weighted by Gasteiger charge is -2.10. The number of morpholine rings is 1. The lowest BCUT2D eigenvalue weighted by molar-refractivity contribution is 0.109. The van der Waals surface area contributed by atoms with Crippen molar-refractivity contribution in [2.24, 2.45) is 0 Å². The zero-order valence-corrected chi connectivity index (χ0v) is 9.16. The van der Waals surface area contributed by atoms with Gasteiger partial charge >= 0.3 is 0 Å². The molecule has 0 aromatic carbocycles. The van der Waals surface area contributed by atoms with Crippen molar-refractivity contribution < 1.29 is 17.7 Å². The Morgan fingerprint density at radius 2 is 1.77 bits per heavy atom. The Morgan fingerprint density at radius 1 is 1.38 bits per heavy atom. The summed E-state index contributed by atoms with van der Waals surface area (Å²) in [6.07, 6.45) is 0. The predicted octanol–water partition coefficient (Wildman–Crippen LogP) is -0.0779. The molecule has 82 valence electrons. The van der Waals surface area contributed by atoms with E-state index in [1.165, 1.54) is 6.92 Å². The highest BCUT2D eigenvalue weighted by Gasteiger charge is 1.93. The van der Waals surface area contributed by atoms with Crippen LogP contribution in [0.2, 0.25) is 0 Å². The van der Waals surface area contributed by atoms with Crippen molar-refractivity contribution in [1.29, 1.82) is 0 Å². The van der Waals surface area contributed by atoms with Gasteiger partial charge in [0.15, 0.2) is 0 Å². The van der Waals surface area contributed by atoms with Crippen LogP contribution in [0.15, 0.2) is 0 Å². The lowest BCUT2D eigenvalue weighted by Crippen LogP contribution is -2.30. The van der Waals surface area contributed by atoms with Gasteiger partial charge in [-0.1, -0.05) is 0 Å². The highest BCUT2D eigenvalue weighted by Crippen LogP contribution is 1.76. The Labute approximate surface area is 85.0 Å². The summed E-state index contributed by atoms with van der Waals surface area (Å²) in [7, 11) is -3.66. The van der Waals surface area contributed by atoms with Gasteiger partial charge < -0.3 is 10.1 Å². The molecule has 0 bridgehead atoms. The minimum atomic E-state index is -3.66. The van der Waals surface area contributed by atoms with Crippen LogP contribution in [0.1, 0.15) is 6.92 Å². The van der Waals surface area contributed by atoms with E-state index in [-0.39, 0.29) is 18.2 Å². The highest BCUT2D eigenvalue weighted by atomic mass is 35.5. The molecule has 2 N–H and O–H groups in total. The molecule has 0 unspecified atom stereocenters. The number of halogens is 1. The Bertz CT molecular complexity index is 179. The molecule has 0 radical (unpaired) electrons. The van der Waals surface area contributed by atoms with Crippen LogP contribution in [0.3, 0.4) is 0 Å². The molecule has 1 saturated heterocycles. The van der Waals surface area contributed by atoms with Crippen molar-refractivity contribution in [2.45, 2.75) is 6.92 Å². The van der Waals surface area contributed by atoms with Crippen molar-refractivity contribution >= 4 is 22.5 Å². The van der Waals surface area contributed by atoms with E-state index in [1.807, 2.05) is 0 Å². The molecular formula is C6H16ClNO4S. The van der Waals surface area contributed by atoms with E-state index in [0.717, 1.165) is 26.3 Å². The Kier molecular flexibility index (Phi) is 10.4. The van der Waals surface area contributed by atoms with Gasteiger partial charge in [0.25, 0.3) is 10.1 Å². The van der Waals surface area contributed by atoms with Crippen molar-refractivity contribution in [1.82, 2.24) is 5.32 Å². The molecule has 13 heavy (non-hydrogen) atoms. The fourth-order valence-electron chi connectivity index (χ4n) is 0.516. The first-order valence-corrected chi connectivity index (χ1v) is 5.41. The van der Waals surface area contributed by atoms with Gasteiger partial charge in [-0.15, -0.1) is 12.4 Å². The molecule has 0 saturated carbocycles. The normalized spacial score (nSPS) is 16.5. The summed E-state index contributed by atoms with van der Waals surface area (Å²) >= 11 is 0. The summed E-state index contributed by atoms with van der Waals surface area (Å²) in [6.45, 7) is 5.20. The molecule has 1 fully saturated rings. The maximum Gasteiger partial charge on any atom is 0.264 e. The molecular weight excluding hydrogens is 218 g/mol. The molecule has 0 spiro atoms. The summed E-state index contributed by atoms with van der Waals surface area (Å²) in [5, 5.41) is 3.16. The van der Waals surface area contributed by atoms with Crippen LogP contribution in [-0.2, 0) is 14.9 Å². The minimum absolute atomic E-state index is 0. The zero-order chi connectivity index (χ0) is 9.45. The topological polar surface area (TPSA) is 75.6 Å².